The van der Waals surface area contributed by atoms with E-state index in [1.165, 1.54) is 0 Å². The predicted molar refractivity (Wildman–Crippen MR) is 72.5 cm³/mol. The molecule has 2 atom stereocenters. The Labute approximate surface area is 108 Å². The summed E-state index contributed by atoms with van der Waals surface area (Å²) in [7, 11) is 0. The Kier molecular flexibility index (Phi) is 5.59. The second kappa shape index (κ2) is 6.97. The predicted octanol–water partition coefficient (Wildman–Crippen LogP) is 3.14. The summed E-state index contributed by atoms with van der Waals surface area (Å²) in [5, 5.41) is 9.14. The first kappa shape index (κ1) is 14.5. The monoisotopic (exact) mass is 248 g/mol. The molecule has 0 aromatic heterocycles. The molecule has 18 heavy (non-hydrogen) atoms. The Morgan fingerprint density at radius 2 is 2.06 bits per heavy atom. The van der Waals surface area contributed by atoms with Crippen molar-refractivity contribution in [2.75, 3.05) is 0 Å². The topological polar surface area (TPSA) is 46.5 Å². The second-order valence-electron chi connectivity index (χ2n) is 4.33. The molecule has 98 valence electrons. The molecule has 3 heteroatoms. The summed E-state index contributed by atoms with van der Waals surface area (Å²) in [6.45, 7) is 7.54. The highest BCUT2D eigenvalue weighted by molar-refractivity contribution is 5.72. The summed E-state index contributed by atoms with van der Waals surface area (Å²) >= 11 is 0. The van der Waals surface area contributed by atoms with Crippen LogP contribution in [0, 0.1) is 0 Å². The van der Waals surface area contributed by atoms with E-state index in [0.717, 1.165) is 17.5 Å². The summed E-state index contributed by atoms with van der Waals surface area (Å²) in [6, 6.07) is 7.66. The number of rotatable bonds is 7. The van der Waals surface area contributed by atoms with E-state index in [0.29, 0.717) is 6.42 Å². The molecule has 1 N–H and O–H groups in total. The maximum atomic E-state index is 11.1. The van der Waals surface area contributed by atoms with Gasteiger partial charge in [-0.1, -0.05) is 43.8 Å². The van der Waals surface area contributed by atoms with Crippen LogP contribution in [0.5, 0.6) is 0 Å². The maximum Gasteiger partial charge on any atom is 0.333 e. The highest BCUT2D eigenvalue weighted by Gasteiger charge is 2.20. The van der Waals surface area contributed by atoms with Gasteiger partial charge in [-0.3, -0.25) is 0 Å². The van der Waals surface area contributed by atoms with Crippen LogP contribution >= 0.6 is 0 Å². The number of aliphatic carboxylic acids is 1. The molecule has 3 nitrogen and oxygen atoms in total. The van der Waals surface area contributed by atoms with Gasteiger partial charge in [0, 0.05) is 6.42 Å². The molecular weight excluding hydrogens is 228 g/mol. The van der Waals surface area contributed by atoms with Gasteiger partial charge in [-0.2, -0.15) is 0 Å². The SMILES string of the molecule is C=Cc1ccc(C[C@H](OC(C)CC)C(=O)O)cc1. The van der Waals surface area contributed by atoms with Crippen LogP contribution in [0.15, 0.2) is 30.8 Å². The maximum absolute atomic E-state index is 11.1. The average Bonchev–Trinajstić information content (AvgIpc) is 2.38. The standard InChI is InChI=1S/C15H20O3/c1-4-11(3)18-14(15(16)17)10-13-8-6-12(5-2)7-9-13/h5-9,11,14H,2,4,10H2,1,3H3,(H,16,17)/t11?,14-/m0/s1. The fourth-order valence-electron chi connectivity index (χ4n) is 1.57. The van der Waals surface area contributed by atoms with Crippen LogP contribution in [0.2, 0.25) is 0 Å². The number of ether oxygens (including phenoxy) is 1. The summed E-state index contributed by atoms with van der Waals surface area (Å²) < 4.78 is 5.50. The molecule has 0 aliphatic carbocycles. The minimum Gasteiger partial charge on any atom is -0.479 e. The molecule has 0 heterocycles. The summed E-state index contributed by atoms with van der Waals surface area (Å²) in [5.41, 5.74) is 1.98. The lowest BCUT2D eigenvalue weighted by atomic mass is 10.1. The van der Waals surface area contributed by atoms with Crippen molar-refractivity contribution < 1.29 is 14.6 Å². The van der Waals surface area contributed by atoms with Crippen LogP contribution in [0.1, 0.15) is 31.4 Å². The van der Waals surface area contributed by atoms with Gasteiger partial charge in [0.2, 0.25) is 0 Å². The van der Waals surface area contributed by atoms with E-state index in [9.17, 15) is 4.79 Å². The minimum atomic E-state index is -0.914. The Morgan fingerprint density at radius 1 is 1.44 bits per heavy atom. The first-order valence-corrected chi connectivity index (χ1v) is 6.16. The van der Waals surface area contributed by atoms with Crippen LogP contribution in [0.4, 0.5) is 0 Å². The van der Waals surface area contributed by atoms with E-state index in [4.69, 9.17) is 9.84 Å². The average molecular weight is 248 g/mol. The Balaban J connectivity index is 2.70. The van der Waals surface area contributed by atoms with Gasteiger partial charge in [0.05, 0.1) is 6.10 Å². The molecule has 0 aliphatic rings. The number of carbonyl (C=O) groups is 1. The van der Waals surface area contributed by atoms with Crippen LogP contribution < -0.4 is 0 Å². The molecule has 0 fully saturated rings. The third-order valence-corrected chi connectivity index (χ3v) is 2.88. The molecule has 0 saturated carbocycles. The number of carboxylic acids is 1. The minimum absolute atomic E-state index is 0.0430. The van der Waals surface area contributed by atoms with Crippen molar-refractivity contribution in [2.45, 2.75) is 38.9 Å². The zero-order valence-corrected chi connectivity index (χ0v) is 10.9. The summed E-state index contributed by atoms with van der Waals surface area (Å²) in [5.74, 6) is -0.914. The van der Waals surface area contributed by atoms with Crippen molar-refractivity contribution in [1.29, 1.82) is 0 Å². The van der Waals surface area contributed by atoms with Gasteiger partial charge >= 0.3 is 5.97 Å². The van der Waals surface area contributed by atoms with E-state index < -0.39 is 12.1 Å². The molecule has 0 radical (unpaired) electrons. The molecule has 1 unspecified atom stereocenters. The molecule has 0 amide bonds. The number of benzene rings is 1. The number of hydrogen-bond donors (Lipinski definition) is 1. The van der Waals surface area contributed by atoms with E-state index in [1.54, 1.807) is 6.08 Å². The fraction of sp³-hybridized carbons (Fsp3) is 0.400. The van der Waals surface area contributed by atoms with Crippen LogP contribution in [-0.2, 0) is 16.0 Å². The van der Waals surface area contributed by atoms with Crippen LogP contribution in [-0.4, -0.2) is 23.3 Å². The summed E-state index contributed by atoms with van der Waals surface area (Å²) in [4.78, 5) is 11.1. The third kappa shape index (κ3) is 4.34. The van der Waals surface area contributed by atoms with Crippen LogP contribution in [0.25, 0.3) is 6.08 Å². The zero-order chi connectivity index (χ0) is 13.5. The van der Waals surface area contributed by atoms with Gasteiger partial charge in [0.15, 0.2) is 6.10 Å². The van der Waals surface area contributed by atoms with E-state index in [1.807, 2.05) is 38.1 Å². The molecule has 0 bridgehead atoms. The van der Waals surface area contributed by atoms with E-state index in [2.05, 4.69) is 6.58 Å². The van der Waals surface area contributed by atoms with Gasteiger partial charge in [0.25, 0.3) is 0 Å². The molecule has 0 spiro atoms. The zero-order valence-electron chi connectivity index (χ0n) is 10.9. The molecule has 0 saturated heterocycles. The highest BCUT2D eigenvalue weighted by Crippen LogP contribution is 2.12. The van der Waals surface area contributed by atoms with Gasteiger partial charge in [-0.15, -0.1) is 0 Å². The fourth-order valence-corrected chi connectivity index (χ4v) is 1.57. The lowest BCUT2D eigenvalue weighted by Gasteiger charge is -2.18. The van der Waals surface area contributed by atoms with Gasteiger partial charge in [-0.05, 0) is 24.5 Å². The van der Waals surface area contributed by atoms with E-state index >= 15 is 0 Å². The number of hydrogen-bond acceptors (Lipinski definition) is 2. The molecule has 1 aromatic carbocycles. The first-order valence-electron chi connectivity index (χ1n) is 6.16. The third-order valence-electron chi connectivity index (χ3n) is 2.88. The Hall–Kier alpha value is -1.61. The lowest BCUT2D eigenvalue weighted by Crippen LogP contribution is -2.30. The largest absolute Gasteiger partial charge is 0.479 e. The second-order valence-corrected chi connectivity index (χ2v) is 4.33. The van der Waals surface area contributed by atoms with Crippen molar-refractivity contribution in [3.63, 3.8) is 0 Å². The smallest absolute Gasteiger partial charge is 0.333 e. The number of carboxylic acid groups (broad SMARTS) is 1. The Bertz CT molecular complexity index is 395. The molecule has 1 aromatic rings. The van der Waals surface area contributed by atoms with Crippen LogP contribution in [0.3, 0.4) is 0 Å². The quantitative estimate of drug-likeness (QED) is 0.806. The summed E-state index contributed by atoms with van der Waals surface area (Å²) in [6.07, 6.45) is 2.12. The van der Waals surface area contributed by atoms with Gasteiger partial charge in [0.1, 0.15) is 0 Å². The van der Waals surface area contributed by atoms with Crippen molar-refractivity contribution in [1.82, 2.24) is 0 Å². The van der Waals surface area contributed by atoms with E-state index in [-0.39, 0.29) is 6.10 Å². The van der Waals surface area contributed by atoms with Crippen molar-refractivity contribution in [3.05, 3.63) is 42.0 Å². The van der Waals surface area contributed by atoms with Crippen molar-refractivity contribution in [2.24, 2.45) is 0 Å². The molecule has 0 aliphatic heterocycles. The highest BCUT2D eigenvalue weighted by atomic mass is 16.5. The van der Waals surface area contributed by atoms with Gasteiger partial charge < -0.3 is 9.84 Å². The normalized spacial score (nSPS) is 13.9. The lowest BCUT2D eigenvalue weighted by molar-refractivity contribution is -0.153. The Morgan fingerprint density at radius 3 is 2.50 bits per heavy atom. The van der Waals surface area contributed by atoms with Crippen molar-refractivity contribution in [3.8, 4) is 0 Å². The van der Waals surface area contributed by atoms with Gasteiger partial charge in [-0.25, -0.2) is 4.79 Å². The van der Waals surface area contributed by atoms with Crippen molar-refractivity contribution >= 4 is 12.0 Å². The molecule has 1 rings (SSSR count). The first-order chi connectivity index (χ1) is 8.56. The molecular formula is C15H20O3.